The SMILES string of the molecule is O=C(CC12CC3CC(CC(C3)C1)C2)N/N=C\c1ccc(COc2ccc(Br)cc2)o1. The molecule has 1 heterocycles. The van der Waals surface area contributed by atoms with Crippen molar-refractivity contribution in [2.75, 3.05) is 0 Å². The largest absolute Gasteiger partial charge is 0.486 e. The number of carbonyl (C=O) groups excluding carboxylic acids is 1. The van der Waals surface area contributed by atoms with E-state index >= 15 is 0 Å². The summed E-state index contributed by atoms with van der Waals surface area (Å²) in [6, 6.07) is 11.3. The van der Waals surface area contributed by atoms with Gasteiger partial charge < -0.3 is 9.15 Å². The van der Waals surface area contributed by atoms with Crippen molar-refractivity contribution in [2.24, 2.45) is 28.3 Å². The van der Waals surface area contributed by atoms with Gasteiger partial charge in [-0.05, 0) is 98.1 Å². The molecule has 5 nitrogen and oxygen atoms in total. The number of halogens is 1. The number of nitrogens with one attached hydrogen (secondary N) is 1. The van der Waals surface area contributed by atoms with Crippen molar-refractivity contribution < 1.29 is 13.9 Å². The van der Waals surface area contributed by atoms with Gasteiger partial charge in [-0.15, -0.1) is 0 Å². The Kier molecular flexibility index (Phi) is 5.44. The van der Waals surface area contributed by atoms with E-state index in [0.29, 0.717) is 24.5 Å². The van der Waals surface area contributed by atoms with E-state index in [4.69, 9.17) is 9.15 Å². The summed E-state index contributed by atoms with van der Waals surface area (Å²) >= 11 is 3.40. The maximum atomic E-state index is 12.5. The zero-order valence-corrected chi connectivity index (χ0v) is 18.6. The molecule has 1 amide bonds. The van der Waals surface area contributed by atoms with Crippen molar-refractivity contribution in [3.05, 3.63) is 52.4 Å². The van der Waals surface area contributed by atoms with Crippen LogP contribution < -0.4 is 10.2 Å². The fraction of sp³-hybridized carbons (Fsp3) is 0.500. The smallest absolute Gasteiger partial charge is 0.240 e. The lowest BCUT2D eigenvalue weighted by Gasteiger charge is -2.56. The number of ether oxygens (including phenoxy) is 1. The van der Waals surface area contributed by atoms with E-state index in [1.807, 2.05) is 36.4 Å². The first-order chi connectivity index (χ1) is 14.6. The fourth-order valence-electron chi connectivity index (χ4n) is 6.28. The van der Waals surface area contributed by atoms with Gasteiger partial charge in [-0.3, -0.25) is 4.79 Å². The molecule has 1 N–H and O–H groups in total. The lowest BCUT2D eigenvalue weighted by atomic mass is 9.49. The molecule has 2 aromatic rings. The molecule has 4 aliphatic carbocycles. The normalized spacial score (nSPS) is 29.4. The molecule has 0 spiro atoms. The predicted molar refractivity (Wildman–Crippen MR) is 118 cm³/mol. The van der Waals surface area contributed by atoms with Gasteiger partial charge in [0.25, 0.3) is 0 Å². The van der Waals surface area contributed by atoms with Crippen molar-refractivity contribution in [3.8, 4) is 5.75 Å². The van der Waals surface area contributed by atoms with E-state index in [-0.39, 0.29) is 11.3 Å². The first kappa shape index (κ1) is 19.9. The lowest BCUT2D eigenvalue weighted by Crippen LogP contribution is -2.47. The first-order valence-corrected chi connectivity index (χ1v) is 11.6. The number of furan rings is 1. The Balaban J connectivity index is 1.10. The molecule has 6 rings (SSSR count). The van der Waals surface area contributed by atoms with Crippen molar-refractivity contribution in [2.45, 2.75) is 51.6 Å². The van der Waals surface area contributed by atoms with Crippen LogP contribution in [0.4, 0.5) is 0 Å². The highest BCUT2D eigenvalue weighted by Crippen LogP contribution is 2.61. The van der Waals surface area contributed by atoms with Crippen LogP contribution in [0.5, 0.6) is 5.75 Å². The number of hydrogen-bond acceptors (Lipinski definition) is 4. The molecule has 0 radical (unpaired) electrons. The van der Waals surface area contributed by atoms with Crippen LogP contribution in [-0.4, -0.2) is 12.1 Å². The number of nitrogens with zero attached hydrogens (tertiary/aromatic N) is 1. The molecular weight excluding hydrogens is 444 g/mol. The van der Waals surface area contributed by atoms with Gasteiger partial charge in [0.15, 0.2) is 0 Å². The maximum Gasteiger partial charge on any atom is 0.240 e. The zero-order valence-electron chi connectivity index (χ0n) is 17.0. The zero-order chi connectivity index (χ0) is 20.6. The molecule has 4 fully saturated rings. The summed E-state index contributed by atoms with van der Waals surface area (Å²) in [7, 11) is 0. The minimum absolute atomic E-state index is 0.0264. The number of benzene rings is 1. The van der Waals surface area contributed by atoms with Crippen LogP contribution in [0.3, 0.4) is 0 Å². The van der Waals surface area contributed by atoms with E-state index in [0.717, 1.165) is 28.0 Å². The molecule has 4 saturated carbocycles. The molecule has 0 unspecified atom stereocenters. The summed E-state index contributed by atoms with van der Waals surface area (Å²) in [5, 5.41) is 4.12. The van der Waals surface area contributed by atoms with Crippen LogP contribution in [-0.2, 0) is 11.4 Å². The molecule has 30 heavy (non-hydrogen) atoms. The van der Waals surface area contributed by atoms with E-state index in [9.17, 15) is 4.79 Å². The van der Waals surface area contributed by atoms with Gasteiger partial charge >= 0.3 is 0 Å². The summed E-state index contributed by atoms with van der Waals surface area (Å²) in [6.45, 7) is 0.341. The number of amides is 1. The Morgan fingerprint density at radius 2 is 1.77 bits per heavy atom. The second-order valence-corrected chi connectivity index (χ2v) is 10.3. The molecule has 1 aromatic heterocycles. The average Bonchev–Trinajstić information content (AvgIpc) is 3.14. The number of hydrogen-bond donors (Lipinski definition) is 1. The Morgan fingerprint density at radius 1 is 1.10 bits per heavy atom. The summed E-state index contributed by atoms with van der Waals surface area (Å²) < 4.78 is 12.4. The molecule has 4 aliphatic rings. The highest BCUT2D eigenvalue weighted by Gasteiger charge is 2.51. The quantitative estimate of drug-likeness (QED) is 0.418. The van der Waals surface area contributed by atoms with Crippen molar-refractivity contribution in [1.29, 1.82) is 0 Å². The van der Waals surface area contributed by atoms with E-state index in [2.05, 4.69) is 26.5 Å². The van der Waals surface area contributed by atoms with Gasteiger partial charge in [0.05, 0.1) is 6.21 Å². The third kappa shape index (κ3) is 4.48. The monoisotopic (exact) mass is 470 g/mol. The van der Waals surface area contributed by atoms with Gasteiger partial charge in [0, 0.05) is 10.9 Å². The van der Waals surface area contributed by atoms with Crippen molar-refractivity contribution in [3.63, 3.8) is 0 Å². The second kappa shape index (κ2) is 8.22. The Hall–Kier alpha value is -2.08. The molecular formula is C24H27BrN2O3. The molecule has 1 aromatic carbocycles. The third-order valence-electron chi connectivity index (χ3n) is 6.96. The van der Waals surface area contributed by atoms with E-state index in [1.54, 1.807) is 6.21 Å². The van der Waals surface area contributed by atoms with Crippen LogP contribution in [0.15, 0.2) is 50.4 Å². The predicted octanol–water partition coefficient (Wildman–Crippen LogP) is 5.68. The topological polar surface area (TPSA) is 63.8 Å². The lowest BCUT2D eigenvalue weighted by molar-refractivity contribution is -0.129. The van der Waals surface area contributed by atoms with Gasteiger partial charge in [0.2, 0.25) is 5.91 Å². The van der Waals surface area contributed by atoms with E-state index in [1.165, 1.54) is 38.5 Å². The summed E-state index contributed by atoms with van der Waals surface area (Å²) in [6.07, 6.45) is 10.0. The molecule has 0 saturated heterocycles. The van der Waals surface area contributed by atoms with Gasteiger partial charge in [0.1, 0.15) is 23.9 Å². The van der Waals surface area contributed by atoms with Gasteiger partial charge in [-0.25, -0.2) is 5.43 Å². The standard InChI is InChI=1S/C24H27BrN2O3/c25-19-1-3-20(4-2-19)29-15-22-6-5-21(30-22)14-26-27-23(28)13-24-10-16-7-17(11-24)9-18(8-16)12-24/h1-6,14,16-18H,7-13,15H2,(H,27,28)/b26-14-. The van der Waals surface area contributed by atoms with Crippen LogP contribution in [0.25, 0.3) is 0 Å². The Bertz CT molecular complexity index is 899. The van der Waals surface area contributed by atoms with E-state index < -0.39 is 0 Å². The molecule has 4 bridgehead atoms. The van der Waals surface area contributed by atoms with Crippen LogP contribution >= 0.6 is 15.9 Å². The van der Waals surface area contributed by atoms with Gasteiger partial charge in [-0.1, -0.05) is 15.9 Å². The summed E-state index contributed by atoms with van der Waals surface area (Å²) in [5.41, 5.74) is 2.95. The highest BCUT2D eigenvalue weighted by atomic mass is 79.9. The molecule has 0 aliphatic heterocycles. The highest BCUT2D eigenvalue weighted by molar-refractivity contribution is 9.10. The van der Waals surface area contributed by atoms with Crippen LogP contribution in [0.1, 0.15) is 56.5 Å². The average molecular weight is 471 g/mol. The van der Waals surface area contributed by atoms with Crippen molar-refractivity contribution >= 4 is 28.1 Å². The van der Waals surface area contributed by atoms with Crippen molar-refractivity contribution in [1.82, 2.24) is 5.43 Å². The summed E-state index contributed by atoms with van der Waals surface area (Å²) in [4.78, 5) is 12.5. The minimum atomic E-state index is 0.0264. The van der Waals surface area contributed by atoms with Gasteiger partial charge in [-0.2, -0.15) is 5.10 Å². The third-order valence-corrected chi connectivity index (χ3v) is 7.49. The molecule has 6 heteroatoms. The Morgan fingerprint density at radius 3 is 2.43 bits per heavy atom. The minimum Gasteiger partial charge on any atom is -0.486 e. The number of carbonyl (C=O) groups is 1. The second-order valence-electron chi connectivity index (χ2n) is 9.43. The number of rotatable bonds is 7. The molecule has 0 atom stereocenters. The Labute approximate surface area is 185 Å². The summed E-state index contributed by atoms with van der Waals surface area (Å²) in [5.74, 6) is 4.68. The number of hydrazone groups is 1. The molecule has 158 valence electrons. The fourth-order valence-corrected chi connectivity index (χ4v) is 6.55. The maximum absolute atomic E-state index is 12.5. The first-order valence-electron chi connectivity index (χ1n) is 10.8. The van der Waals surface area contributed by atoms with Crippen LogP contribution in [0, 0.1) is 23.2 Å². The van der Waals surface area contributed by atoms with Crippen LogP contribution in [0.2, 0.25) is 0 Å².